The maximum atomic E-state index is 12.5. The molecule has 0 aliphatic carbocycles. The Morgan fingerprint density at radius 1 is 0.854 bits per heavy atom. The van der Waals surface area contributed by atoms with Gasteiger partial charge in [-0.15, -0.1) is 0 Å². The highest BCUT2D eigenvalue weighted by atomic mass is 35.5. The van der Waals surface area contributed by atoms with Gasteiger partial charge in [0, 0.05) is 98.3 Å². The van der Waals surface area contributed by atoms with Crippen molar-refractivity contribution in [2.24, 2.45) is 0 Å². The molecular weight excluding hydrogens is 663 g/mol. The second-order valence-electron chi connectivity index (χ2n) is 12.7. The van der Waals surface area contributed by atoms with Gasteiger partial charge in [0.25, 0.3) is 0 Å². The van der Waals surface area contributed by atoms with E-state index < -0.39 is 10.0 Å². The Balaban J connectivity index is 1.17. The van der Waals surface area contributed by atoms with Crippen LogP contribution < -0.4 is 5.32 Å². The zero-order valence-corrected chi connectivity index (χ0v) is 29.9. The van der Waals surface area contributed by atoms with Gasteiger partial charge in [-0.3, -0.25) is 4.68 Å². The molecule has 3 aromatic carbocycles. The van der Waals surface area contributed by atoms with Crippen molar-refractivity contribution in [3.05, 3.63) is 110 Å². The quantitative estimate of drug-likeness (QED) is 0.220. The summed E-state index contributed by atoms with van der Waals surface area (Å²) in [5, 5.41) is 9.85. The van der Waals surface area contributed by atoms with Crippen molar-refractivity contribution >= 4 is 33.2 Å². The zero-order valence-electron chi connectivity index (χ0n) is 27.6. The third-order valence-corrected chi connectivity index (χ3v) is 10.9. The molecule has 3 heterocycles. The molecule has 0 spiro atoms. The van der Waals surface area contributed by atoms with Gasteiger partial charge in [-0.1, -0.05) is 65.4 Å². The van der Waals surface area contributed by atoms with Gasteiger partial charge in [-0.05, 0) is 67.5 Å². The Bertz CT molecular complexity index is 1890. The number of benzene rings is 3. The van der Waals surface area contributed by atoms with E-state index in [9.17, 15) is 8.42 Å². The van der Waals surface area contributed by atoms with E-state index in [0.717, 1.165) is 91.9 Å². The lowest BCUT2D eigenvalue weighted by Gasteiger charge is -2.32. The largest absolute Gasteiger partial charge is 0.309 e. The van der Waals surface area contributed by atoms with Gasteiger partial charge in [0.2, 0.25) is 10.0 Å². The molecular formula is C37H42Cl2N6O2S. The Hall–Kier alpha value is -3.20. The third kappa shape index (κ3) is 8.87. The Morgan fingerprint density at radius 3 is 2.23 bits per heavy atom. The molecule has 4 aromatic rings. The lowest BCUT2D eigenvalue weighted by molar-refractivity contribution is 0.150. The van der Waals surface area contributed by atoms with E-state index in [-0.39, 0.29) is 0 Å². The van der Waals surface area contributed by atoms with Crippen LogP contribution in [0.25, 0.3) is 11.3 Å². The average Bonchev–Trinajstić information content (AvgIpc) is 3.44. The number of nitrogens with zero attached hydrogens (tertiary/aromatic N) is 5. The molecule has 1 saturated heterocycles. The van der Waals surface area contributed by atoms with Crippen molar-refractivity contribution in [2.45, 2.75) is 39.0 Å². The number of rotatable bonds is 10. The fraction of sp³-hybridized carbons (Fsp3) is 0.378. The minimum Gasteiger partial charge on any atom is -0.309 e. The van der Waals surface area contributed by atoms with Crippen molar-refractivity contribution in [3.8, 4) is 23.1 Å². The highest BCUT2D eigenvalue weighted by Crippen LogP contribution is 2.33. The summed E-state index contributed by atoms with van der Waals surface area (Å²) in [5.74, 6) is 6.53. The first-order valence-corrected chi connectivity index (χ1v) is 19.0. The molecule has 252 valence electrons. The topological polar surface area (TPSA) is 73.7 Å². The van der Waals surface area contributed by atoms with Crippen molar-refractivity contribution in [1.82, 2.24) is 29.2 Å². The smallest absolute Gasteiger partial charge is 0.211 e. The molecule has 1 aromatic heterocycles. The molecule has 1 N–H and O–H groups in total. The van der Waals surface area contributed by atoms with E-state index in [1.165, 1.54) is 17.4 Å². The van der Waals surface area contributed by atoms with Crippen molar-refractivity contribution < 1.29 is 8.42 Å². The summed E-state index contributed by atoms with van der Waals surface area (Å²) >= 11 is 12.6. The van der Waals surface area contributed by atoms with Crippen LogP contribution in [-0.2, 0) is 42.6 Å². The molecule has 6 rings (SSSR count). The van der Waals surface area contributed by atoms with Crippen molar-refractivity contribution in [3.63, 3.8) is 0 Å². The number of piperazine rings is 1. The minimum absolute atomic E-state index is 0.312. The SMILES string of the molecule is CN1CCN(CCCn2nc(-c3ccc(Cl)c(C#Cc4ccc(CNCc5ccc(Cl)cc5)cc4)c3)c3c2CCN(S(C)(=O)=O)C3)CC1. The molecule has 0 atom stereocenters. The summed E-state index contributed by atoms with van der Waals surface area (Å²) in [6.45, 7) is 8.46. The number of hydrogen-bond donors (Lipinski definition) is 1. The zero-order chi connectivity index (χ0) is 33.7. The average molecular weight is 706 g/mol. The van der Waals surface area contributed by atoms with Gasteiger partial charge in [-0.2, -0.15) is 9.40 Å². The molecule has 11 heteroatoms. The number of aromatic nitrogens is 2. The second kappa shape index (κ2) is 15.6. The maximum absolute atomic E-state index is 12.5. The summed E-state index contributed by atoms with van der Waals surface area (Å²) in [7, 11) is -1.17. The predicted octanol–water partition coefficient (Wildman–Crippen LogP) is 5.50. The van der Waals surface area contributed by atoms with Gasteiger partial charge in [0.05, 0.1) is 17.0 Å². The number of hydrogen-bond acceptors (Lipinski definition) is 6. The first kappa shape index (κ1) is 34.7. The van der Waals surface area contributed by atoms with Gasteiger partial charge < -0.3 is 15.1 Å². The Labute approximate surface area is 294 Å². The van der Waals surface area contributed by atoms with E-state index in [1.807, 2.05) is 54.6 Å². The van der Waals surface area contributed by atoms with E-state index >= 15 is 0 Å². The molecule has 0 saturated carbocycles. The summed E-state index contributed by atoms with van der Waals surface area (Å²) in [6.07, 6.45) is 2.90. The van der Waals surface area contributed by atoms with E-state index in [0.29, 0.717) is 30.1 Å². The first-order valence-electron chi connectivity index (χ1n) is 16.4. The number of sulfonamides is 1. The van der Waals surface area contributed by atoms with Crippen LogP contribution in [0.3, 0.4) is 0 Å². The normalized spacial score (nSPS) is 16.0. The lowest BCUT2D eigenvalue weighted by atomic mass is 10.0. The fourth-order valence-electron chi connectivity index (χ4n) is 6.25. The molecule has 2 aliphatic heterocycles. The monoisotopic (exact) mass is 704 g/mol. The summed E-state index contributed by atoms with van der Waals surface area (Å²) in [5.41, 5.74) is 7.72. The summed E-state index contributed by atoms with van der Waals surface area (Å²) < 4.78 is 28.7. The molecule has 0 amide bonds. The van der Waals surface area contributed by atoms with E-state index in [2.05, 4.69) is 50.8 Å². The Kier molecular flexibility index (Phi) is 11.2. The summed E-state index contributed by atoms with van der Waals surface area (Å²) in [6, 6.07) is 21.8. The van der Waals surface area contributed by atoms with Gasteiger partial charge in [-0.25, -0.2) is 8.42 Å². The Morgan fingerprint density at radius 2 is 1.54 bits per heavy atom. The summed E-state index contributed by atoms with van der Waals surface area (Å²) in [4.78, 5) is 4.88. The standard InChI is InChI=1S/C37H42Cl2N6O2S/c1-42-20-22-43(23-21-42)17-3-18-45-36-16-19-44(48(2,46)47)27-34(36)37(41-45)32-12-15-35(39)31(24-32)11-8-28-4-6-29(7-5-28)25-40-26-30-9-13-33(38)14-10-30/h4-7,9-10,12-15,24,40H,3,16-23,25-27H2,1-2H3. The van der Waals surface area contributed by atoms with Crippen molar-refractivity contribution in [1.29, 1.82) is 0 Å². The highest BCUT2D eigenvalue weighted by molar-refractivity contribution is 7.88. The van der Waals surface area contributed by atoms with E-state index in [4.69, 9.17) is 28.3 Å². The number of fused-ring (bicyclic) bond motifs is 1. The number of aryl methyl sites for hydroxylation is 1. The molecule has 0 radical (unpaired) electrons. The van der Waals surface area contributed by atoms with E-state index in [1.54, 1.807) is 4.31 Å². The third-order valence-electron chi connectivity index (χ3n) is 9.11. The first-order chi connectivity index (χ1) is 23.1. The number of nitrogens with one attached hydrogen (secondary N) is 1. The molecule has 2 aliphatic rings. The highest BCUT2D eigenvalue weighted by Gasteiger charge is 2.30. The van der Waals surface area contributed by atoms with Crippen LogP contribution in [0.5, 0.6) is 0 Å². The van der Waals surface area contributed by atoms with Crippen LogP contribution >= 0.6 is 23.2 Å². The molecule has 8 nitrogen and oxygen atoms in total. The van der Waals surface area contributed by atoms with Crippen LogP contribution in [0.1, 0.15) is 39.9 Å². The number of halogens is 2. The molecule has 48 heavy (non-hydrogen) atoms. The van der Waals surface area contributed by atoms with Crippen LogP contribution in [0.4, 0.5) is 0 Å². The van der Waals surface area contributed by atoms with Gasteiger partial charge in [0.1, 0.15) is 0 Å². The van der Waals surface area contributed by atoms with Crippen LogP contribution in [0.2, 0.25) is 10.0 Å². The van der Waals surface area contributed by atoms with Gasteiger partial charge in [0.15, 0.2) is 0 Å². The molecule has 1 fully saturated rings. The second-order valence-corrected chi connectivity index (χ2v) is 15.5. The van der Waals surface area contributed by atoms with Crippen LogP contribution in [0.15, 0.2) is 66.7 Å². The maximum Gasteiger partial charge on any atom is 0.211 e. The molecule has 0 bridgehead atoms. The van der Waals surface area contributed by atoms with Crippen LogP contribution in [-0.4, -0.2) is 84.9 Å². The lowest BCUT2D eigenvalue weighted by Crippen LogP contribution is -2.44. The molecule has 0 unspecified atom stereocenters. The van der Waals surface area contributed by atoms with Gasteiger partial charge >= 0.3 is 0 Å². The minimum atomic E-state index is -3.34. The predicted molar refractivity (Wildman–Crippen MR) is 195 cm³/mol. The fourth-order valence-corrected chi connectivity index (χ4v) is 7.33. The number of likely N-dealkylation sites (N-methyl/N-ethyl adjacent to an activating group) is 1. The van der Waals surface area contributed by atoms with Crippen molar-refractivity contribution in [2.75, 3.05) is 52.6 Å². The van der Waals surface area contributed by atoms with Crippen LogP contribution in [0, 0.1) is 11.8 Å².